The lowest BCUT2D eigenvalue weighted by Crippen LogP contribution is -2.30. The number of likely N-dealkylation sites (N-methyl/N-ethyl adjacent to an activating group) is 1. The summed E-state index contributed by atoms with van der Waals surface area (Å²) in [5.74, 6) is 0. The number of rotatable bonds is 4. The lowest BCUT2D eigenvalue weighted by atomic mass is 10.1. The number of nitrogens with two attached hydrogens (primary N) is 1. The number of hydrogen-bond acceptors (Lipinski definition) is 3. The van der Waals surface area contributed by atoms with Crippen molar-refractivity contribution < 1.29 is 5.11 Å². The second kappa shape index (κ2) is 5.03. The molecule has 84 valence electrons. The quantitative estimate of drug-likeness (QED) is 0.742. The first-order chi connectivity index (χ1) is 7.04. The summed E-state index contributed by atoms with van der Waals surface area (Å²) in [4.78, 5) is 2.14. The molecule has 0 heterocycles. The predicted molar refractivity (Wildman–Crippen MR) is 65.2 cm³/mol. The van der Waals surface area contributed by atoms with Gasteiger partial charge in [0.05, 0.1) is 6.10 Å². The Morgan fingerprint density at radius 3 is 2.60 bits per heavy atom. The molecule has 0 radical (unpaired) electrons. The molecule has 3 nitrogen and oxygen atoms in total. The van der Waals surface area contributed by atoms with Crippen molar-refractivity contribution in [1.29, 1.82) is 0 Å². The number of aliphatic hydroxyl groups excluding tert-OH is 1. The van der Waals surface area contributed by atoms with Crippen molar-refractivity contribution in [2.24, 2.45) is 0 Å². The van der Waals surface area contributed by atoms with Crippen LogP contribution in [0.2, 0.25) is 0 Å². The first-order valence-corrected chi connectivity index (χ1v) is 5.33. The first-order valence-electron chi connectivity index (χ1n) is 5.33. The maximum Gasteiger partial charge on any atom is 0.0687 e. The van der Waals surface area contributed by atoms with Crippen LogP contribution in [-0.2, 0) is 0 Å². The Labute approximate surface area is 91.5 Å². The second-order valence-corrected chi connectivity index (χ2v) is 3.93. The molecule has 1 aromatic carbocycles. The van der Waals surface area contributed by atoms with Gasteiger partial charge in [-0.2, -0.15) is 0 Å². The van der Waals surface area contributed by atoms with Gasteiger partial charge in [0, 0.05) is 24.5 Å². The number of nitrogens with zero attached hydrogens (tertiary/aromatic N) is 1. The summed E-state index contributed by atoms with van der Waals surface area (Å²) in [6, 6.07) is 5.96. The van der Waals surface area contributed by atoms with Gasteiger partial charge in [-0.25, -0.2) is 0 Å². The molecule has 1 aromatic rings. The molecule has 0 amide bonds. The van der Waals surface area contributed by atoms with Gasteiger partial charge >= 0.3 is 0 Å². The molecule has 1 atom stereocenters. The zero-order valence-electron chi connectivity index (χ0n) is 9.70. The smallest absolute Gasteiger partial charge is 0.0687 e. The Hall–Kier alpha value is -1.22. The number of anilines is 2. The summed E-state index contributed by atoms with van der Waals surface area (Å²) in [5, 5.41) is 9.37. The molecule has 0 spiro atoms. The van der Waals surface area contributed by atoms with E-state index in [1.54, 1.807) is 6.92 Å². The van der Waals surface area contributed by atoms with E-state index in [2.05, 4.69) is 17.9 Å². The average molecular weight is 208 g/mol. The number of benzene rings is 1. The van der Waals surface area contributed by atoms with Crippen LogP contribution < -0.4 is 10.6 Å². The molecule has 0 aromatic heterocycles. The van der Waals surface area contributed by atoms with Crippen LogP contribution in [0.1, 0.15) is 19.4 Å². The van der Waals surface area contributed by atoms with Crippen molar-refractivity contribution in [3.8, 4) is 0 Å². The van der Waals surface area contributed by atoms with Crippen LogP contribution in [0.5, 0.6) is 0 Å². The van der Waals surface area contributed by atoms with Gasteiger partial charge < -0.3 is 15.7 Å². The molecular formula is C12H20N2O. The van der Waals surface area contributed by atoms with Gasteiger partial charge in [-0.15, -0.1) is 0 Å². The fraction of sp³-hybridized carbons (Fsp3) is 0.500. The molecule has 0 fully saturated rings. The van der Waals surface area contributed by atoms with E-state index in [0.29, 0.717) is 6.54 Å². The summed E-state index contributed by atoms with van der Waals surface area (Å²) in [6.07, 6.45) is -0.317. The maximum atomic E-state index is 9.37. The molecule has 0 aliphatic rings. The number of nitrogen functional groups attached to an aromatic ring is 1. The van der Waals surface area contributed by atoms with Gasteiger partial charge in [-0.1, -0.05) is 0 Å². The van der Waals surface area contributed by atoms with E-state index in [4.69, 9.17) is 5.73 Å². The summed E-state index contributed by atoms with van der Waals surface area (Å²) in [7, 11) is 0. The SMILES string of the molecule is CCN(CC(C)O)c1ccc(N)c(C)c1. The minimum atomic E-state index is -0.317. The number of hydrogen-bond donors (Lipinski definition) is 2. The molecular weight excluding hydrogens is 188 g/mol. The third-order valence-electron chi connectivity index (χ3n) is 2.48. The third kappa shape index (κ3) is 3.13. The second-order valence-electron chi connectivity index (χ2n) is 3.93. The van der Waals surface area contributed by atoms with Crippen molar-refractivity contribution >= 4 is 11.4 Å². The Bertz CT molecular complexity index is 323. The zero-order valence-corrected chi connectivity index (χ0v) is 9.70. The van der Waals surface area contributed by atoms with Crippen LogP contribution in [0.25, 0.3) is 0 Å². The third-order valence-corrected chi connectivity index (χ3v) is 2.48. The van der Waals surface area contributed by atoms with E-state index in [1.165, 1.54) is 0 Å². The van der Waals surface area contributed by atoms with Crippen LogP contribution in [0.3, 0.4) is 0 Å². The maximum absolute atomic E-state index is 9.37. The molecule has 1 rings (SSSR count). The largest absolute Gasteiger partial charge is 0.399 e. The van der Waals surface area contributed by atoms with Crippen molar-refractivity contribution in [3.05, 3.63) is 23.8 Å². The van der Waals surface area contributed by atoms with Crippen molar-refractivity contribution in [3.63, 3.8) is 0 Å². The van der Waals surface area contributed by atoms with Crippen LogP contribution in [0, 0.1) is 6.92 Å². The van der Waals surface area contributed by atoms with Crippen molar-refractivity contribution in [2.75, 3.05) is 23.7 Å². The van der Waals surface area contributed by atoms with E-state index < -0.39 is 0 Å². The monoisotopic (exact) mass is 208 g/mol. The number of aliphatic hydroxyl groups is 1. The van der Waals surface area contributed by atoms with E-state index in [0.717, 1.165) is 23.5 Å². The fourth-order valence-electron chi connectivity index (χ4n) is 1.59. The van der Waals surface area contributed by atoms with Gasteiger partial charge in [0.1, 0.15) is 0 Å². The van der Waals surface area contributed by atoms with Crippen LogP contribution >= 0.6 is 0 Å². The minimum Gasteiger partial charge on any atom is -0.399 e. The molecule has 15 heavy (non-hydrogen) atoms. The summed E-state index contributed by atoms with van der Waals surface area (Å²) < 4.78 is 0. The Balaban J connectivity index is 2.87. The molecule has 0 saturated heterocycles. The first kappa shape index (κ1) is 11.9. The Morgan fingerprint density at radius 2 is 2.13 bits per heavy atom. The summed E-state index contributed by atoms with van der Waals surface area (Å²) >= 11 is 0. The molecule has 1 unspecified atom stereocenters. The highest BCUT2D eigenvalue weighted by atomic mass is 16.3. The molecule has 0 aliphatic carbocycles. The fourth-order valence-corrected chi connectivity index (χ4v) is 1.59. The van der Waals surface area contributed by atoms with E-state index in [1.807, 2.05) is 19.1 Å². The van der Waals surface area contributed by atoms with E-state index in [9.17, 15) is 5.11 Å². The average Bonchev–Trinajstić information content (AvgIpc) is 2.18. The topological polar surface area (TPSA) is 49.5 Å². The van der Waals surface area contributed by atoms with Crippen LogP contribution in [0.4, 0.5) is 11.4 Å². The van der Waals surface area contributed by atoms with Gasteiger partial charge in [-0.05, 0) is 44.5 Å². The highest BCUT2D eigenvalue weighted by molar-refractivity contribution is 5.58. The normalized spacial score (nSPS) is 12.5. The molecule has 3 N–H and O–H groups in total. The van der Waals surface area contributed by atoms with Crippen molar-refractivity contribution in [2.45, 2.75) is 26.9 Å². The predicted octanol–water partition coefficient (Wildman–Crippen LogP) is 1.78. The molecule has 0 saturated carbocycles. The van der Waals surface area contributed by atoms with E-state index in [-0.39, 0.29) is 6.10 Å². The lowest BCUT2D eigenvalue weighted by molar-refractivity contribution is 0.200. The van der Waals surface area contributed by atoms with Gasteiger partial charge in [0.15, 0.2) is 0 Å². The van der Waals surface area contributed by atoms with Crippen LogP contribution in [-0.4, -0.2) is 24.3 Å². The summed E-state index contributed by atoms with van der Waals surface area (Å²) in [5.41, 5.74) is 8.77. The molecule has 0 aliphatic heterocycles. The van der Waals surface area contributed by atoms with Gasteiger partial charge in [0.2, 0.25) is 0 Å². The zero-order chi connectivity index (χ0) is 11.4. The van der Waals surface area contributed by atoms with Crippen LogP contribution in [0.15, 0.2) is 18.2 Å². The highest BCUT2D eigenvalue weighted by Crippen LogP contribution is 2.20. The molecule has 0 bridgehead atoms. The number of aryl methyl sites for hydroxylation is 1. The lowest BCUT2D eigenvalue weighted by Gasteiger charge is -2.25. The van der Waals surface area contributed by atoms with Crippen molar-refractivity contribution in [1.82, 2.24) is 0 Å². The van der Waals surface area contributed by atoms with E-state index >= 15 is 0 Å². The Morgan fingerprint density at radius 1 is 1.47 bits per heavy atom. The minimum absolute atomic E-state index is 0.317. The van der Waals surface area contributed by atoms with Gasteiger partial charge in [-0.3, -0.25) is 0 Å². The highest BCUT2D eigenvalue weighted by Gasteiger charge is 2.07. The standard InChI is InChI=1S/C12H20N2O/c1-4-14(8-10(3)15)11-5-6-12(13)9(2)7-11/h5-7,10,15H,4,8,13H2,1-3H3. The summed E-state index contributed by atoms with van der Waals surface area (Å²) in [6.45, 7) is 7.41. The van der Waals surface area contributed by atoms with Gasteiger partial charge in [0.25, 0.3) is 0 Å². The molecule has 3 heteroatoms. The Kier molecular flexibility index (Phi) is 3.97.